The SMILES string of the molecule is CCCCCCCCCCC(C)N[Si](C)(C)C1c2ccccc2-c2ccccc21.[H-].[H-].[H-].[Sc+3]. The summed E-state index contributed by atoms with van der Waals surface area (Å²) in [5.41, 5.74) is 6.53. The minimum atomic E-state index is -1.68. The van der Waals surface area contributed by atoms with Gasteiger partial charge in [0.2, 0.25) is 0 Å². The van der Waals surface area contributed by atoms with Crippen molar-refractivity contribution < 1.29 is 30.1 Å². The molecule has 0 radical (unpaired) electrons. The first-order valence-corrected chi connectivity index (χ1v) is 15.1. The smallest absolute Gasteiger partial charge is 1.00 e. The van der Waals surface area contributed by atoms with E-state index in [1.165, 1.54) is 80.0 Å². The van der Waals surface area contributed by atoms with Gasteiger partial charge in [-0.3, -0.25) is 0 Å². The van der Waals surface area contributed by atoms with Gasteiger partial charge in [-0.05, 0) is 34.7 Å². The van der Waals surface area contributed by atoms with Crippen molar-refractivity contribution in [3.05, 3.63) is 59.7 Å². The van der Waals surface area contributed by atoms with Crippen LogP contribution in [0.1, 0.15) is 92.6 Å². The first-order valence-electron chi connectivity index (χ1n) is 12.0. The fourth-order valence-electron chi connectivity index (χ4n) is 5.31. The average Bonchev–Trinajstić information content (AvgIpc) is 3.05. The largest absolute Gasteiger partial charge is 3.00 e. The van der Waals surface area contributed by atoms with Gasteiger partial charge in [-0.15, -0.1) is 0 Å². The number of hydrogen-bond acceptors (Lipinski definition) is 1. The van der Waals surface area contributed by atoms with E-state index in [4.69, 9.17) is 0 Å². The third kappa shape index (κ3) is 6.50. The molecule has 0 saturated heterocycles. The predicted molar refractivity (Wildman–Crippen MR) is 134 cm³/mol. The Morgan fingerprint density at radius 1 is 0.800 bits per heavy atom. The Bertz CT molecular complexity index is 742. The van der Waals surface area contributed by atoms with Gasteiger partial charge in [0.05, 0.1) is 0 Å². The Morgan fingerprint density at radius 2 is 1.27 bits per heavy atom. The first-order chi connectivity index (χ1) is 14.0. The molecule has 0 bridgehead atoms. The molecule has 2 aromatic rings. The minimum absolute atomic E-state index is 0. The molecule has 3 heteroatoms. The third-order valence-corrected chi connectivity index (χ3v) is 9.97. The van der Waals surface area contributed by atoms with Gasteiger partial charge in [0.25, 0.3) is 0 Å². The van der Waals surface area contributed by atoms with Crippen molar-refractivity contribution in [3.8, 4) is 11.1 Å². The van der Waals surface area contributed by atoms with Crippen molar-refractivity contribution in [2.75, 3.05) is 0 Å². The molecule has 1 atom stereocenters. The van der Waals surface area contributed by atoms with Gasteiger partial charge in [-0.2, -0.15) is 0 Å². The van der Waals surface area contributed by atoms with Gasteiger partial charge in [0, 0.05) is 5.54 Å². The van der Waals surface area contributed by atoms with Crippen LogP contribution in [0.25, 0.3) is 11.1 Å². The van der Waals surface area contributed by atoms with Crippen LogP contribution in [0.5, 0.6) is 0 Å². The number of hydrogen-bond donors (Lipinski definition) is 1. The summed E-state index contributed by atoms with van der Waals surface area (Å²) >= 11 is 0. The standard InChI is InChI=1S/C27H41NSi.Sc.3H/c1-5-6-7-8-9-10-11-12-17-22(2)28-29(3,4)27-25-20-15-13-18-23(25)24-19-14-16-21-26(24)27;;;;/h13-16,18-22,27-28H,5-12,17H2,1-4H3;;;;/q;+3;3*-1. The monoisotopic (exact) mass is 455 g/mol. The van der Waals surface area contributed by atoms with E-state index in [2.05, 4.69) is 80.5 Å². The fourth-order valence-corrected chi connectivity index (χ4v) is 8.95. The maximum Gasteiger partial charge on any atom is 3.00 e. The number of nitrogens with one attached hydrogen (secondary N) is 1. The molecule has 0 aromatic heterocycles. The van der Waals surface area contributed by atoms with Crippen LogP contribution < -0.4 is 4.98 Å². The van der Waals surface area contributed by atoms with Crippen LogP contribution in [0, 0.1) is 0 Å². The summed E-state index contributed by atoms with van der Waals surface area (Å²) in [6.45, 7) is 9.76. The van der Waals surface area contributed by atoms with Crippen LogP contribution in [0.2, 0.25) is 13.1 Å². The Labute approximate surface area is 209 Å². The Kier molecular flexibility index (Phi) is 10.7. The molecule has 1 aliphatic carbocycles. The molecule has 0 fully saturated rings. The van der Waals surface area contributed by atoms with E-state index in [0.717, 1.165) is 0 Å². The second-order valence-corrected chi connectivity index (χ2v) is 13.9. The second kappa shape index (κ2) is 12.5. The van der Waals surface area contributed by atoms with Crippen LogP contribution in [0.15, 0.2) is 48.5 Å². The van der Waals surface area contributed by atoms with Gasteiger partial charge in [-0.25, -0.2) is 0 Å². The van der Waals surface area contributed by atoms with E-state index >= 15 is 0 Å². The quantitative estimate of drug-likeness (QED) is 0.250. The zero-order chi connectivity index (χ0) is 20.7. The van der Waals surface area contributed by atoms with Crippen LogP contribution >= 0.6 is 0 Å². The number of rotatable bonds is 12. The molecule has 0 aliphatic heterocycles. The van der Waals surface area contributed by atoms with Crippen molar-refractivity contribution in [2.24, 2.45) is 0 Å². The molecule has 1 unspecified atom stereocenters. The van der Waals surface area contributed by atoms with Crippen molar-refractivity contribution in [1.82, 2.24) is 4.98 Å². The molecule has 0 heterocycles. The maximum absolute atomic E-state index is 4.14. The Balaban J connectivity index is 0. The zero-order valence-electron chi connectivity index (χ0n) is 22.7. The van der Waals surface area contributed by atoms with Crippen molar-refractivity contribution >= 4 is 8.24 Å². The molecule has 30 heavy (non-hydrogen) atoms. The first kappa shape index (κ1) is 25.7. The number of benzene rings is 2. The van der Waals surface area contributed by atoms with Crippen LogP contribution in [-0.4, -0.2) is 14.3 Å². The molecular formula is C27H44NScSi. The van der Waals surface area contributed by atoms with Crippen LogP contribution in [0.4, 0.5) is 0 Å². The van der Waals surface area contributed by atoms with Crippen LogP contribution in [0.3, 0.4) is 0 Å². The maximum atomic E-state index is 4.14. The molecule has 1 nitrogen and oxygen atoms in total. The molecule has 3 rings (SSSR count). The summed E-state index contributed by atoms with van der Waals surface area (Å²) < 4.78 is 0. The summed E-state index contributed by atoms with van der Waals surface area (Å²) in [7, 11) is -1.68. The Morgan fingerprint density at radius 3 is 1.80 bits per heavy atom. The second-order valence-electron chi connectivity index (χ2n) is 9.64. The van der Waals surface area contributed by atoms with Gasteiger partial charge >= 0.3 is 25.8 Å². The predicted octanol–water partition coefficient (Wildman–Crippen LogP) is 8.39. The van der Waals surface area contributed by atoms with E-state index in [-0.39, 0.29) is 30.1 Å². The molecule has 0 saturated carbocycles. The van der Waals surface area contributed by atoms with Gasteiger partial charge < -0.3 is 9.26 Å². The van der Waals surface area contributed by atoms with Gasteiger partial charge in [0.1, 0.15) is 8.24 Å². The van der Waals surface area contributed by atoms with E-state index in [9.17, 15) is 0 Å². The molecule has 0 spiro atoms. The van der Waals surface area contributed by atoms with E-state index in [1.54, 1.807) is 0 Å². The van der Waals surface area contributed by atoms with E-state index in [0.29, 0.717) is 11.6 Å². The fraction of sp³-hybridized carbons (Fsp3) is 0.556. The van der Waals surface area contributed by atoms with Crippen LogP contribution in [-0.2, 0) is 25.8 Å². The van der Waals surface area contributed by atoms with Gasteiger partial charge in [-0.1, -0.05) is 127 Å². The summed E-state index contributed by atoms with van der Waals surface area (Å²) in [5.74, 6) is 0. The third-order valence-electron chi connectivity index (χ3n) is 6.66. The summed E-state index contributed by atoms with van der Waals surface area (Å²) in [5, 5.41) is 0. The molecule has 164 valence electrons. The Hall–Kier alpha value is -0.513. The molecule has 1 N–H and O–H groups in total. The van der Waals surface area contributed by atoms with Crippen molar-refractivity contribution in [3.63, 3.8) is 0 Å². The summed E-state index contributed by atoms with van der Waals surface area (Å²) in [4.78, 5) is 4.14. The molecule has 0 amide bonds. The van der Waals surface area contributed by atoms with Crippen molar-refractivity contribution in [2.45, 2.75) is 96.3 Å². The minimum Gasteiger partial charge on any atom is -1.00 e. The van der Waals surface area contributed by atoms with Crippen molar-refractivity contribution in [1.29, 1.82) is 0 Å². The molecule has 1 aliphatic rings. The summed E-state index contributed by atoms with van der Waals surface area (Å²) in [6.07, 6.45) is 12.5. The van der Waals surface area contributed by atoms with Gasteiger partial charge in [0.15, 0.2) is 0 Å². The molecule has 2 aromatic carbocycles. The number of fused-ring (bicyclic) bond motifs is 3. The van der Waals surface area contributed by atoms with E-state index < -0.39 is 8.24 Å². The normalized spacial score (nSPS) is 14.1. The topological polar surface area (TPSA) is 12.0 Å². The summed E-state index contributed by atoms with van der Waals surface area (Å²) in [6, 6.07) is 18.7. The number of unbranched alkanes of at least 4 members (excludes halogenated alkanes) is 7. The van der Waals surface area contributed by atoms with E-state index in [1.807, 2.05) is 0 Å². The average molecular weight is 456 g/mol. The molecular weight excluding hydrogens is 411 g/mol. The zero-order valence-corrected chi connectivity index (χ0v) is 22.5.